The molecular weight excluding hydrogens is 370 g/mol. The highest BCUT2D eigenvalue weighted by Crippen LogP contribution is 2.31. The smallest absolute Gasteiger partial charge is 0.251 e. The summed E-state index contributed by atoms with van der Waals surface area (Å²) in [4.78, 5) is 31.7. The quantitative estimate of drug-likeness (QED) is 0.659. The third-order valence-electron chi connectivity index (χ3n) is 5.02. The second kappa shape index (κ2) is 8.26. The van der Waals surface area contributed by atoms with Gasteiger partial charge in [-0.05, 0) is 31.5 Å². The molecule has 1 aromatic carbocycles. The molecule has 1 aliphatic rings. The van der Waals surface area contributed by atoms with Gasteiger partial charge in [0.25, 0.3) is 5.91 Å². The molecule has 0 bridgehead atoms. The van der Waals surface area contributed by atoms with E-state index in [0.29, 0.717) is 43.1 Å². The van der Waals surface area contributed by atoms with Crippen LogP contribution in [0.4, 0.5) is 0 Å². The highest BCUT2D eigenvalue weighted by Gasteiger charge is 2.38. The van der Waals surface area contributed by atoms with Crippen LogP contribution < -0.4 is 5.32 Å². The summed E-state index contributed by atoms with van der Waals surface area (Å²) in [6.45, 7) is 2.75. The lowest BCUT2D eigenvalue weighted by atomic mass is 10.1. The molecule has 0 saturated carbocycles. The summed E-state index contributed by atoms with van der Waals surface area (Å²) >= 11 is 0. The van der Waals surface area contributed by atoms with Crippen molar-refractivity contribution in [2.75, 3.05) is 6.54 Å². The van der Waals surface area contributed by atoms with Gasteiger partial charge in [0.1, 0.15) is 5.82 Å². The Hall–Kier alpha value is -3.49. The first-order chi connectivity index (χ1) is 14.1. The van der Waals surface area contributed by atoms with E-state index in [1.165, 1.54) is 0 Å². The number of aromatic amines is 1. The van der Waals surface area contributed by atoms with Crippen molar-refractivity contribution < 1.29 is 9.59 Å². The van der Waals surface area contributed by atoms with Gasteiger partial charge < -0.3 is 10.2 Å². The first-order valence-electron chi connectivity index (χ1n) is 9.62. The molecule has 4 rings (SSSR count). The van der Waals surface area contributed by atoms with Crippen LogP contribution in [0.5, 0.6) is 0 Å². The van der Waals surface area contributed by atoms with E-state index < -0.39 is 0 Å². The van der Waals surface area contributed by atoms with Crippen LogP contribution in [0.1, 0.15) is 40.9 Å². The van der Waals surface area contributed by atoms with Crippen LogP contribution in [0.15, 0.2) is 48.8 Å². The van der Waals surface area contributed by atoms with E-state index in [1.807, 2.05) is 37.4 Å². The number of carbonyl (C=O) groups excluding carboxylic acids is 2. The topological polar surface area (TPSA) is 109 Å². The number of nitrogens with one attached hydrogen (secondary N) is 2. The maximum absolute atomic E-state index is 12.9. The minimum atomic E-state index is -0.272. The molecule has 0 aliphatic carbocycles. The number of H-pyrrole nitrogens is 1. The maximum Gasteiger partial charge on any atom is 0.251 e. The fourth-order valence-corrected chi connectivity index (χ4v) is 3.61. The summed E-state index contributed by atoms with van der Waals surface area (Å²) in [5.74, 6) is 1.11. The van der Waals surface area contributed by atoms with Crippen molar-refractivity contribution in [3.8, 4) is 0 Å². The lowest BCUT2D eigenvalue weighted by Gasteiger charge is -2.22. The number of likely N-dealkylation sites (tertiary alicyclic amines) is 1. The molecule has 2 N–H and O–H groups in total. The Bertz CT molecular complexity index is 968. The van der Waals surface area contributed by atoms with Crippen molar-refractivity contribution in [3.05, 3.63) is 66.0 Å². The highest BCUT2D eigenvalue weighted by molar-refractivity contribution is 5.94. The third-order valence-corrected chi connectivity index (χ3v) is 5.02. The molecule has 1 saturated heterocycles. The molecule has 2 amide bonds. The summed E-state index contributed by atoms with van der Waals surface area (Å²) in [6, 6.07) is 10.5. The summed E-state index contributed by atoms with van der Waals surface area (Å²) in [5, 5.41) is 14.3. The largest absolute Gasteiger partial charge is 0.347 e. The van der Waals surface area contributed by atoms with E-state index in [0.717, 1.165) is 0 Å². The average molecular weight is 393 g/mol. The SMILES string of the molecule is Cc1nc([C@@H]2C[C@H](NC(=O)c3ccccc3)CN2C(=O)CCn2cccn2)n[nH]1. The minimum absolute atomic E-state index is 0.00980. The van der Waals surface area contributed by atoms with Crippen molar-refractivity contribution in [2.24, 2.45) is 0 Å². The molecule has 0 radical (unpaired) electrons. The molecule has 1 fully saturated rings. The van der Waals surface area contributed by atoms with Crippen LogP contribution in [-0.2, 0) is 11.3 Å². The number of aryl methyl sites for hydroxylation is 2. The standard InChI is InChI=1S/C20H23N7O2/c1-14-22-19(25-24-14)17-12-16(23-20(29)15-6-3-2-4-7-15)13-27(17)18(28)8-11-26-10-5-9-21-26/h2-7,9-10,16-17H,8,11-13H2,1H3,(H,23,29)(H,22,24,25)/t16-,17-/m0/s1. The molecule has 9 nitrogen and oxygen atoms in total. The predicted molar refractivity (Wildman–Crippen MR) is 105 cm³/mol. The van der Waals surface area contributed by atoms with Crippen molar-refractivity contribution in [3.63, 3.8) is 0 Å². The number of hydrogen-bond acceptors (Lipinski definition) is 5. The van der Waals surface area contributed by atoms with Gasteiger partial charge in [-0.1, -0.05) is 18.2 Å². The summed E-state index contributed by atoms with van der Waals surface area (Å²) in [6.07, 6.45) is 4.41. The summed E-state index contributed by atoms with van der Waals surface area (Å²) < 4.78 is 1.73. The molecule has 0 spiro atoms. The molecule has 2 aromatic heterocycles. The first-order valence-corrected chi connectivity index (χ1v) is 9.62. The van der Waals surface area contributed by atoms with Crippen molar-refractivity contribution >= 4 is 11.8 Å². The van der Waals surface area contributed by atoms with Gasteiger partial charge in [0, 0.05) is 43.5 Å². The van der Waals surface area contributed by atoms with Gasteiger partial charge >= 0.3 is 0 Å². The van der Waals surface area contributed by atoms with Crippen molar-refractivity contribution in [2.45, 2.75) is 38.4 Å². The number of carbonyl (C=O) groups is 2. The molecule has 1 aliphatic heterocycles. The Labute approximate surface area is 168 Å². The van der Waals surface area contributed by atoms with E-state index in [-0.39, 0.29) is 23.9 Å². The fourth-order valence-electron chi connectivity index (χ4n) is 3.61. The van der Waals surface area contributed by atoms with E-state index >= 15 is 0 Å². The van der Waals surface area contributed by atoms with Crippen LogP contribution in [0.3, 0.4) is 0 Å². The molecule has 2 atom stereocenters. The fraction of sp³-hybridized carbons (Fsp3) is 0.350. The van der Waals surface area contributed by atoms with Gasteiger partial charge in [-0.15, -0.1) is 0 Å². The molecule has 3 heterocycles. The second-order valence-corrected chi connectivity index (χ2v) is 7.13. The van der Waals surface area contributed by atoms with E-state index in [1.54, 1.807) is 27.9 Å². The third kappa shape index (κ3) is 4.34. The molecular formula is C20H23N7O2. The van der Waals surface area contributed by atoms with Gasteiger partial charge in [0.05, 0.1) is 6.04 Å². The Kier molecular flexibility index (Phi) is 5.37. The molecule has 9 heteroatoms. The van der Waals surface area contributed by atoms with Crippen molar-refractivity contribution in [1.29, 1.82) is 0 Å². The van der Waals surface area contributed by atoms with Gasteiger partial charge in [0.2, 0.25) is 5.91 Å². The lowest BCUT2D eigenvalue weighted by molar-refractivity contribution is -0.132. The molecule has 3 aromatic rings. The van der Waals surface area contributed by atoms with Crippen LogP contribution in [0.2, 0.25) is 0 Å². The first kappa shape index (κ1) is 18.9. The normalized spacial score (nSPS) is 18.7. The molecule has 0 unspecified atom stereocenters. The number of amides is 2. The van der Waals surface area contributed by atoms with Crippen molar-refractivity contribution in [1.82, 2.24) is 35.2 Å². The van der Waals surface area contributed by atoms with Gasteiger partial charge in [-0.3, -0.25) is 19.4 Å². The molecule has 150 valence electrons. The van der Waals surface area contributed by atoms with E-state index in [4.69, 9.17) is 0 Å². The number of rotatable bonds is 6. The van der Waals surface area contributed by atoms with Gasteiger partial charge in [-0.25, -0.2) is 4.98 Å². The van der Waals surface area contributed by atoms with E-state index in [9.17, 15) is 9.59 Å². The molecule has 29 heavy (non-hydrogen) atoms. The average Bonchev–Trinajstić information content (AvgIpc) is 3.47. The van der Waals surface area contributed by atoms with Crippen LogP contribution >= 0.6 is 0 Å². The lowest BCUT2D eigenvalue weighted by Crippen LogP contribution is -2.38. The Morgan fingerprint density at radius 3 is 2.76 bits per heavy atom. The van der Waals surface area contributed by atoms with E-state index in [2.05, 4.69) is 25.6 Å². The zero-order chi connectivity index (χ0) is 20.2. The van der Waals surface area contributed by atoms with Crippen LogP contribution in [0, 0.1) is 6.92 Å². The van der Waals surface area contributed by atoms with Gasteiger partial charge in [-0.2, -0.15) is 10.2 Å². The maximum atomic E-state index is 12.9. The zero-order valence-electron chi connectivity index (χ0n) is 16.2. The summed E-state index contributed by atoms with van der Waals surface area (Å²) in [5.41, 5.74) is 0.598. The monoisotopic (exact) mass is 393 g/mol. The van der Waals surface area contributed by atoms with Crippen LogP contribution in [0.25, 0.3) is 0 Å². The Morgan fingerprint density at radius 2 is 2.07 bits per heavy atom. The highest BCUT2D eigenvalue weighted by atomic mass is 16.2. The minimum Gasteiger partial charge on any atom is -0.347 e. The Balaban J connectivity index is 1.46. The Morgan fingerprint density at radius 1 is 1.24 bits per heavy atom. The van der Waals surface area contributed by atoms with Crippen LogP contribution in [-0.4, -0.2) is 54.3 Å². The number of nitrogens with zero attached hydrogens (tertiary/aromatic N) is 5. The number of hydrogen-bond donors (Lipinski definition) is 2. The number of benzene rings is 1. The second-order valence-electron chi connectivity index (χ2n) is 7.13. The predicted octanol–water partition coefficient (Wildman–Crippen LogP) is 1.47. The summed E-state index contributed by atoms with van der Waals surface area (Å²) in [7, 11) is 0. The van der Waals surface area contributed by atoms with Gasteiger partial charge in [0.15, 0.2) is 5.82 Å². The number of aromatic nitrogens is 5. The zero-order valence-corrected chi connectivity index (χ0v) is 16.2.